The topological polar surface area (TPSA) is 92.3 Å². The normalized spacial score (nSPS) is 22.6. The second-order valence-corrected chi connectivity index (χ2v) is 9.66. The van der Waals surface area contributed by atoms with Crippen molar-refractivity contribution in [3.8, 4) is 5.75 Å². The minimum absolute atomic E-state index is 0.228. The van der Waals surface area contributed by atoms with Crippen molar-refractivity contribution >= 4 is 27.2 Å². The Morgan fingerprint density at radius 2 is 1.94 bits per heavy atom. The largest absolute Gasteiger partial charge is 0.497 e. The maximum atomic E-state index is 13.5. The van der Waals surface area contributed by atoms with E-state index < -0.39 is 15.6 Å². The first-order valence-electron chi connectivity index (χ1n) is 10.3. The maximum Gasteiger partial charge on any atom is 0.243 e. The van der Waals surface area contributed by atoms with Crippen LogP contribution in [0.3, 0.4) is 0 Å². The lowest BCUT2D eigenvalue weighted by Gasteiger charge is -2.46. The van der Waals surface area contributed by atoms with E-state index in [4.69, 9.17) is 14.5 Å². The molecule has 9 heteroatoms. The molecule has 0 saturated carbocycles. The molecule has 4 rings (SSSR count). The van der Waals surface area contributed by atoms with Gasteiger partial charge in [-0.05, 0) is 37.1 Å². The highest BCUT2D eigenvalue weighted by Gasteiger charge is 2.46. The van der Waals surface area contributed by atoms with E-state index >= 15 is 0 Å². The minimum Gasteiger partial charge on any atom is -0.497 e. The molecule has 2 heterocycles. The van der Waals surface area contributed by atoms with Crippen LogP contribution in [-0.4, -0.2) is 64.6 Å². The lowest BCUT2D eigenvalue weighted by molar-refractivity contribution is 0.207. The molecule has 2 aliphatic heterocycles. The number of ether oxygens (including phenoxy) is 2. The lowest BCUT2D eigenvalue weighted by Crippen LogP contribution is -2.62. The van der Waals surface area contributed by atoms with E-state index in [0.717, 1.165) is 23.6 Å². The SMILES string of the molecule is COCCN=C1Nc2ccccc2N[C@]12CCCN(S(=O)(=O)c1cccc(OC)c1)C2. The number of methoxy groups -OCH3 is 2. The van der Waals surface area contributed by atoms with Crippen LogP contribution in [0.2, 0.25) is 0 Å². The zero-order valence-corrected chi connectivity index (χ0v) is 18.6. The van der Waals surface area contributed by atoms with Crippen LogP contribution in [0.15, 0.2) is 58.4 Å². The van der Waals surface area contributed by atoms with Gasteiger partial charge in [0.2, 0.25) is 10.0 Å². The highest BCUT2D eigenvalue weighted by atomic mass is 32.2. The van der Waals surface area contributed by atoms with Gasteiger partial charge in [0.15, 0.2) is 0 Å². The number of hydrogen-bond donors (Lipinski definition) is 2. The van der Waals surface area contributed by atoms with Crippen molar-refractivity contribution in [1.82, 2.24) is 4.31 Å². The van der Waals surface area contributed by atoms with Crippen LogP contribution < -0.4 is 15.4 Å². The molecule has 2 aromatic rings. The first-order valence-corrected chi connectivity index (χ1v) is 11.7. The first kappa shape index (κ1) is 21.6. The Morgan fingerprint density at radius 3 is 2.71 bits per heavy atom. The molecule has 0 unspecified atom stereocenters. The van der Waals surface area contributed by atoms with Crippen LogP contribution in [0.5, 0.6) is 5.75 Å². The van der Waals surface area contributed by atoms with Gasteiger partial charge in [0.1, 0.15) is 17.1 Å². The third-order valence-corrected chi connectivity index (χ3v) is 7.55. The highest BCUT2D eigenvalue weighted by Crippen LogP contribution is 2.37. The number of sulfonamides is 1. The van der Waals surface area contributed by atoms with E-state index in [1.54, 1.807) is 35.7 Å². The Balaban J connectivity index is 1.69. The molecule has 1 spiro atoms. The molecule has 1 fully saturated rings. The minimum atomic E-state index is -3.69. The van der Waals surface area contributed by atoms with Gasteiger partial charge in [0.25, 0.3) is 0 Å². The number of para-hydroxylation sites is 2. The van der Waals surface area contributed by atoms with Crippen LogP contribution in [0.25, 0.3) is 0 Å². The number of fused-ring (bicyclic) bond motifs is 1. The van der Waals surface area contributed by atoms with Gasteiger partial charge in [0.05, 0.1) is 36.5 Å². The standard InChI is InChI=1S/C22H28N4O4S/c1-29-14-12-23-21-22(25-20-10-4-3-9-19(20)24-21)11-6-13-26(16-22)31(27,28)18-8-5-7-17(15-18)30-2/h3-5,7-10,15,25H,6,11-14,16H2,1-2H3,(H,23,24)/t22-/m0/s1. The van der Waals surface area contributed by atoms with Gasteiger partial charge in [-0.1, -0.05) is 18.2 Å². The molecule has 2 aromatic carbocycles. The predicted molar refractivity (Wildman–Crippen MR) is 122 cm³/mol. The summed E-state index contributed by atoms with van der Waals surface area (Å²) >= 11 is 0. The fraction of sp³-hybridized carbons (Fsp3) is 0.409. The van der Waals surface area contributed by atoms with E-state index in [1.807, 2.05) is 24.3 Å². The number of aliphatic imine (C=N–C) groups is 1. The Kier molecular flexibility index (Phi) is 6.17. The van der Waals surface area contributed by atoms with Gasteiger partial charge in [-0.3, -0.25) is 4.99 Å². The summed E-state index contributed by atoms with van der Waals surface area (Å²) in [6.45, 7) is 1.72. The first-order chi connectivity index (χ1) is 15.0. The molecule has 2 N–H and O–H groups in total. The molecule has 0 bridgehead atoms. The van der Waals surface area contributed by atoms with E-state index in [1.165, 1.54) is 7.11 Å². The lowest BCUT2D eigenvalue weighted by atomic mass is 9.86. The summed E-state index contributed by atoms with van der Waals surface area (Å²) in [5.41, 5.74) is 1.23. The smallest absolute Gasteiger partial charge is 0.243 e. The summed E-state index contributed by atoms with van der Waals surface area (Å²) in [5, 5.41) is 7.04. The van der Waals surface area contributed by atoms with Crippen molar-refractivity contribution < 1.29 is 17.9 Å². The Morgan fingerprint density at radius 1 is 1.13 bits per heavy atom. The average molecular weight is 445 g/mol. The van der Waals surface area contributed by atoms with E-state index in [2.05, 4.69) is 10.6 Å². The molecule has 2 aliphatic rings. The average Bonchev–Trinajstić information content (AvgIpc) is 2.79. The molecular weight excluding hydrogens is 416 g/mol. The number of nitrogens with one attached hydrogen (secondary N) is 2. The summed E-state index contributed by atoms with van der Waals surface area (Å²) in [5.74, 6) is 1.26. The third kappa shape index (κ3) is 4.26. The quantitative estimate of drug-likeness (QED) is 0.666. The van der Waals surface area contributed by atoms with Gasteiger partial charge in [0, 0.05) is 26.3 Å². The summed E-state index contributed by atoms with van der Waals surface area (Å²) in [6.07, 6.45) is 1.48. The third-order valence-electron chi connectivity index (χ3n) is 5.71. The van der Waals surface area contributed by atoms with Crippen LogP contribution in [0.1, 0.15) is 12.8 Å². The van der Waals surface area contributed by atoms with Gasteiger partial charge in [-0.25, -0.2) is 8.42 Å². The van der Waals surface area contributed by atoms with Gasteiger partial charge < -0.3 is 20.1 Å². The molecule has 166 valence electrons. The Bertz CT molecular complexity index is 1070. The number of nitrogens with zero attached hydrogens (tertiary/aromatic N) is 2. The van der Waals surface area contributed by atoms with E-state index in [-0.39, 0.29) is 11.4 Å². The van der Waals surface area contributed by atoms with E-state index in [0.29, 0.717) is 31.9 Å². The van der Waals surface area contributed by atoms with Crippen LogP contribution in [0, 0.1) is 0 Å². The number of rotatable bonds is 6. The molecule has 0 aromatic heterocycles. The number of amidine groups is 1. The van der Waals surface area contributed by atoms with Crippen molar-refractivity contribution in [1.29, 1.82) is 0 Å². The van der Waals surface area contributed by atoms with Crippen LogP contribution >= 0.6 is 0 Å². The molecule has 0 amide bonds. The second kappa shape index (κ2) is 8.86. The zero-order chi connectivity index (χ0) is 21.9. The van der Waals surface area contributed by atoms with Gasteiger partial charge in [-0.15, -0.1) is 0 Å². The van der Waals surface area contributed by atoms with Crippen molar-refractivity contribution in [2.45, 2.75) is 23.3 Å². The summed E-state index contributed by atoms with van der Waals surface area (Å²) in [6, 6.07) is 14.5. The van der Waals surface area contributed by atoms with Crippen molar-refractivity contribution in [3.63, 3.8) is 0 Å². The number of hydrogen-bond acceptors (Lipinski definition) is 6. The van der Waals surface area contributed by atoms with Crippen molar-refractivity contribution in [2.75, 3.05) is 51.1 Å². The molecule has 1 saturated heterocycles. The number of piperidine rings is 1. The van der Waals surface area contributed by atoms with Crippen LogP contribution in [-0.2, 0) is 14.8 Å². The van der Waals surface area contributed by atoms with Crippen LogP contribution in [0.4, 0.5) is 11.4 Å². The Labute approximate surface area is 183 Å². The maximum absolute atomic E-state index is 13.5. The molecule has 31 heavy (non-hydrogen) atoms. The molecular formula is C22H28N4O4S. The summed E-state index contributed by atoms with van der Waals surface area (Å²) in [4.78, 5) is 4.97. The predicted octanol–water partition coefficient (Wildman–Crippen LogP) is 2.80. The summed E-state index contributed by atoms with van der Waals surface area (Å²) < 4.78 is 38.8. The van der Waals surface area contributed by atoms with Gasteiger partial charge in [-0.2, -0.15) is 4.31 Å². The molecule has 0 radical (unpaired) electrons. The second-order valence-electron chi connectivity index (χ2n) is 7.72. The van der Waals surface area contributed by atoms with Crippen molar-refractivity contribution in [2.24, 2.45) is 4.99 Å². The fourth-order valence-corrected chi connectivity index (χ4v) is 5.71. The highest BCUT2D eigenvalue weighted by molar-refractivity contribution is 7.89. The monoisotopic (exact) mass is 444 g/mol. The molecule has 1 atom stereocenters. The Hall–Kier alpha value is -2.62. The van der Waals surface area contributed by atoms with Crippen molar-refractivity contribution in [3.05, 3.63) is 48.5 Å². The fourth-order valence-electron chi connectivity index (χ4n) is 4.13. The molecule has 0 aliphatic carbocycles. The zero-order valence-electron chi connectivity index (χ0n) is 17.8. The van der Waals surface area contributed by atoms with E-state index in [9.17, 15) is 8.42 Å². The molecule has 8 nitrogen and oxygen atoms in total. The number of benzene rings is 2. The van der Waals surface area contributed by atoms with Gasteiger partial charge >= 0.3 is 0 Å². The summed E-state index contributed by atoms with van der Waals surface area (Å²) in [7, 11) is -0.523. The number of anilines is 2.